The summed E-state index contributed by atoms with van der Waals surface area (Å²) in [4.78, 5) is 37.9. The highest BCUT2D eigenvalue weighted by atomic mass is 16.6. The molecule has 0 saturated carbocycles. The minimum atomic E-state index is -0.813. The van der Waals surface area contributed by atoms with E-state index in [1.807, 2.05) is 6.08 Å². The lowest BCUT2D eigenvalue weighted by molar-refractivity contribution is -0.166. The molecular formula is C57H98O6. The summed E-state index contributed by atoms with van der Waals surface area (Å²) in [7, 11) is 0. The lowest BCUT2D eigenvalue weighted by Gasteiger charge is -2.18. The molecule has 0 rings (SSSR count). The second kappa shape index (κ2) is 51.5. The molecule has 0 bridgehead atoms. The summed E-state index contributed by atoms with van der Waals surface area (Å²) in [5.41, 5.74) is 0. The third-order valence-electron chi connectivity index (χ3n) is 11.2. The zero-order chi connectivity index (χ0) is 45.8. The molecule has 63 heavy (non-hydrogen) atoms. The van der Waals surface area contributed by atoms with Crippen LogP contribution in [0.3, 0.4) is 0 Å². The van der Waals surface area contributed by atoms with E-state index in [1.54, 1.807) is 0 Å². The molecule has 1 atom stereocenters. The van der Waals surface area contributed by atoms with E-state index >= 15 is 0 Å². The molecule has 362 valence electrons. The summed E-state index contributed by atoms with van der Waals surface area (Å²) < 4.78 is 16.7. The van der Waals surface area contributed by atoms with Crippen LogP contribution in [-0.2, 0) is 28.6 Å². The third-order valence-corrected chi connectivity index (χ3v) is 11.2. The van der Waals surface area contributed by atoms with Crippen molar-refractivity contribution in [3.05, 3.63) is 72.9 Å². The maximum Gasteiger partial charge on any atom is 0.306 e. The number of esters is 3. The first-order chi connectivity index (χ1) is 31.0. The van der Waals surface area contributed by atoms with Gasteiger partial charge in [0.05, 0.1) is 0 Å². The summed E-state index contributed by atoms with van der Waals surface area (Å²) >= 11 is 0. The van der Waals surface area contributed by atoms with Crippen LogP contribution in [0.5, 0.6) is 0 Å². The van der Waals surface area contributed by atoms with Crippen molar-refractivity contribution in [3.8, 4) is 0 Å². The van der Waals surface area contributed by atoms with Crippen LogP contribution in [-0.4, -0.2) is 37.2 Å². The number of ether oxygens (including phenoxy) is 3. The minimum absolute atomic E-state index is 0.105. The van der Waals surface area contributed by atoms with E-state index in [1.165, 1.54) is 122 Å². The molecule has 6 nitrogen and oxygen atoms in total. The van der Waals surface area contributed by atoms with Gasteiger partial charge in [0.2, 0.25) is 0 Å². The van der Waals surface area contributed by atoms with Crippen molar-refractivity contribution < 1.29 is 28.6 Å². The van der Waals surface area contributed by atoms with Gasteiger partial charge in [-0.1, -0.05) is 209 Å². The Morgan fingerprint density at radius 1 is 0.333 bits per heavy atom. The fourth-order valence-electron chi connectivity index (χ4n) is 7.21. The van der Waals surface area contributed by atoms with Gasteiger partial charge >= 0.3 is 17.9 Å². The molecule has 6 heteroatoms. The Hall–Kier alpha value is -3.15. The molecule has 0 N–H and O–H groups in total. The first-order valence-electron chi connectivity index (χ1n) is 26.4. The molecule has 0 radical (unpaired) electrons. The number of hydrogen-bond acceptors (Lipinski definition) is 6. The van der Waals surface area contributed by atoms with E-state index in [0.29, 0.717) is 19.3 Å². The van der Waals surface area contributed by atoms with Gasteiger partial charge in [0.25, 0.3) is 0 Å². The van der Waals surface area contributed by atoms with E-state index in [-0.39, 0.29) is 37.5 Å². The number of rotatable bonds is 47. The molecule has 0 amide bonds. The van der Waals surface area contributed by atoms with Gasteiger partial charge in [-0.3, -0.25) is 14.4 Å². The average Bonchev–Trinajstić information content (AvgIpc) is 3.28. The van der Waals surface area contributed by atoms with E-state index < -0.39 is 6.10 Å². The van der Waals surface area contributed by atoms with Crippen molar-refractivity contribution in [2.45, 2.75) is 258 Å². The van der Waals surface area contributed by atoms with Gasteiger partial charge in [-0.15, -0.1) is 0 Å². The monoisotopic (exact) mass is 879 g/mol. The zero-order valence-corrected chi connectivity index (χ0v) is 41.3. The van der Waals surface area contributed by atoms with Crippen molar-refractivity contribution >= 4 is 17.9 Å². The first-order valence-corrected chi connectivity index (χ1v) is 26.4. The Kier molecular flexibility index (Phi) is 48.9. The van der Waals surface area contributed by atoms with Gasteiger partial charge < -0.3 is 14.2 Å². The van der Waals surface area contributed by atoms with Crippen LogP contribution in [0.1, 0.15) is 252 Å². The summed E-state index contributed by atoms with van der Waals surface area (Å²) in [5.74, 6) is -0.993. The molecule has 0 aliphatic rings. The quantitative estimate of drug-likeness (QED) is 0.0262. The lowest BCUT2D eigenvalue weighted by atomic mass is 10.1. The van der Waals surface area contributed by atoms with Crippen LogP contribution in [0.15, 0.2) is 72.9 Å². The SMILES string of the molecule is CC/C=C\C/C=C\C/C=C\CCCCCCCCCCCC(=O)OCC(COC(=O)CCCCC/C=C\CCCCCCCC)OC(=O)CC/C=C\C/C=C\CCCCCCCC. The Labute approximate surface area is 389 Å². The highest BCUT2D eigenvalue weighted by Gasteiger charge is 2.19. The second-order valence-electron chi connectivity index (χ2n) is 17.4. The fraction of sp³-hybridized carbons (Fsp3) is 0.737. The van der Waals surface area contributed by atoms with Crippen molar-refractivity contribution in [2.75, 3.05) is 13.2 Å². The minimum Gasteiger partial charge on any atom is -0.462 e. The molecule has 0 heterocycles. The summed E-state index contributed by atoms with van der Waals surface area (Å²) in [6.07, 6.45) is 64.7. The Morgan fingerprint density at radius 3 is 1.06 bits per heavy atom. The molecule has 0 fully saturated rings. The van der Waals surface area contributed by atoms with E-state index in [4.69, 9.17) is 14.2 Å². The molecule has 0 aromatic rings. The molecule has 0 spiro atoms. The van der Waals surface area contributed by atoms with Crippen LogP contribution in [0.4, 0.5) is 0 Å². The van der Waals surface area contributed by atoms with Gasteiger partial charge in [0.1, 0.15) is 13.2 Å². The number of unbranched alkanes of at least 4 members (excludes halogenated alkanes) is 24. The second-order valence-corrected chi connectivity index (χ2v) is 17.4. The molecule has 0 aromatic heterocycles. The largest absolute Gasteiger partial charge is 0.462 e. The standard InChI is InChI=1S/C57H98O6/c1-4-7-10-13-16-19-22-25-26-27-28-29-30-33-35-38-41-44-47-50-56(59)62-53-54(63-57(60)51-48-45-42-39-36-32-24-21-18-15-12-9-6-3)52-61-55(58)49-46-43-40-37-34-31-23-20-17-14-11-8-5-2/h7,10,16,19,25-26,31-32,34,36,42,45,54H,4-6,8-9,11-15,17-18,20-24,27-30,33,35,37-41,43-44,46-53H2,1-3H3/b10-7-,19-16-,26-25-,34-31-,36-32-,45-42-. The van der Waals surface area contributed by atoms with E-state index in [0.717, 1.165) is 83.5 Å². The molecule has 1 unspecified atom stereocenters. The van der Waals surface area contributed by atoms with Gasteiger partial charge in [0, 0.05) is 19.3 Å². The average molecular weight is 879 g/mol. The van der Waals surface area contributed by atoms with Gasteiger partial charge in [-0.25, -0.2) is 0 Å². The maximum atomic E-state index is 12.8. The highest BCUT2D eigenvalue weighted by Crippen LogP contribution is 2.14. The smallest absolute Gasteiger partial charge is 0.306 e. The number of carbonyl (C=O) groups is 3. The normalized spacial score (nSPS) is 12.6. The number of hydrogen-bond donors (Lipinski definition) is 0. The topological polar surface area (TPSA) is 78.9 Å². The maximum absolute atomic E-state index is 12.8. The van der Waals surface area contributed by atoms with Crippen LogP contribution < -0.4 is 0 Å². The number of carbonyl (C=O) groups excluding carboxylic acids is 3. The molecule has 0 aromatic carbocycles. The molecule has 0 aliphatic heterocycles. The van der Waals surface area contributed by atoms with Crippen LogP contribution in [0, 0.1) is 0 Å². The predicted octanol–water partition coefficient (Wildman–Crippen LogP) is 17.4. The number of allylic oxidation sites excluding steroid dienone is 12. The Morgan fingerprint density at radius 2 is 0.651 bits per heavy atom. The van der Waals surface area contributed by atoms with Crippen molar-refractivity contribution in [1.29, 1.82) is 0 Å². The summed E-state index contributed by atoms with van der Waals surface area (Å²) in [5, 5.41) is 0. The van der Waals surface area contributed by atoms with Gasteiger partial charge in [0.15, 0.2) is 6.10 Å². The van der Waals surface area contributed by atoms with Gasteiger partial charge in [-0.2, -0.15) is 0 Å². The van der Waals surface area contributed by atoms with Gasteiger partial charge in [-0.05, 0) is 96.3 Å². The predicted molar refractivity (Wildman–Crippen MR) is 270 cm³/mol. The third kappa shape index (κ3) is 49.7. The lowest BCUT2D eigenvalue weighted by Crippen LogP contribution is -2.30. The van der Waals surface area contributed by atoms with Crippen molar-refractivity contribution in [2.24, 2.45) is 0 Å². The van der Waals surface area contributed by atoms with E-state index in [2.05, 4.69) is 87.6 Å². The van der Waals surface area contributed by atoms with Crippen LogP contribution in [0.25, 0.3) is 0 Å². The van der Waals surface area contributed by atoms with Crippen molar-refractivity contribution in [3.63, 3.8) is 0 Å². The molecular weight excluding hydrogens is 781 g/mol. The van der Waals surface area contributed by atoms with Crippen LogP contribution in [0.2, 0.25) is 0 Å². The molecule has 0 saturated heterocycles. The van der Waals surface area contributed by atoms with E-state index in [9.17, 15) is 14.4 Å². The highest BCUT2D eigenvalue weighted by molar-refractivity contribution is 5.71. The first kappa shape index (κ1) is 59.9. The Balaban J connectivity index is 4.42. The zero-order valence-electron chi connectivity index (χ0n) is 41.3. The summed E-state index contributed by atoms with van der Waals surface area (Å²) in [6, 6.07) is 0. The summed E-state index contributed by atoms with van der Waals surface area (Å²) in [6.45, 7) is 6.45. The van der Waals surface area contributed by atoms with Crippen molar-refractivity contribution in [1.82, 2.24) is 0 Å². The van der Waals surface area contributed by atoms with Crippen LogP contribution >= 0.6 is 0 Å². The Bertz CT molecular complexity index is 1190. The molecule has 0 aliphatic carbocycles. The fourth-order valence-corrected chi connectivity index (χ4v) is 7.21.